The van der Waals surface area contributed by atoms with Crippen LogP contribution in [0.4, 0.5) is 8.78 Å². The molecule has 1 rings (SSSR count). The van der Waals surface area contributed by atoms with Gasteiger partial charge < -0.3 is 5.11 Å². The average molecular weight is 252 g/mol. The van der Waals surface area contributed by atoms with Crippen LogP contribution in [0.1, 0.15) is 12.6 Å². The van der Waals surface area contributed by atoms with Crippen molar-refractivity contribution in [2.75, 3.05) is 0 Å². The van der Waals surface area contributed by atoms with Crippen molar-refractivity contribution in [2.24, 2.45) is 0 Å². The summed E-state index contributed by atoms with van der Waals surface area (Å²) >= 11 is 3.04. The highest BCUT2D eigenvalue weighted by molar-refractivity contribution is 9.10. The second kappa shape index (κ2) is 3.67. The standard InChI is InChI=1S/C8H8BrF2NO/c1-8(13,7(10)11)5-3-2-4-6(9)12-5/h2-4,7,13H,1H3. The molecule has 0 fully saturated rings. The zero-order valence-corrected chi connectivity index (χ0v) is 8.42. The number of halogens is 3. The topological polar surface area (TPSA) is 33.1 Å². The third-order valence-electron chi connectivity index (χ3n) is 1.66. The zero-order valence-electron chi connectivity index (χ0n) is 6.84. The van der Waals surface area contributed by atoms with Gasteiger partial charge in [0.2, 0.25) is 0 Å². The molecule has 0 saturated carbocycles. The number of nitrogens with zero attached hydrogens (tertiary/aromatic N) is 1. The molecule has 0 aliphatic rings. The summed E-state index contributed by atoms with van der Waals surface area (Å²) in [6.45, 7) is 1.03. The number of aliphatic hydroxyl groups is 1. The van der Waals surface area contributed by atoms with Crippen molar-refractivity contribution < 1.29 is 13.9 Å². The van der Waals surface area contributed by atoms with Gasteiger partial charge in [-0.25, -0.2) is 13.8 Å². The second-order valence-corrected chi connectivity index (χ2v) is 3.61. The normalized spacial score (nSPS) is 15.8. The molecule has 1 heterocycles. The molecule has 0 aromatic carbocycles. The summed E-state index contributed by atoms with van der Waals surface area (Å²) < 4.78 is 25.1. The van der Waals surface area contributed by atoms with Crippen LogP contribution < -0.4 is 0 Å². The molecule has 0 aliphatic heterocycles. The van der Waals surface area contributed by atoms with E-state index in [1.807, 2.05) is 0 Å². The molecule has 2 nitrogen and oxygen atoms in total. The van der Waals surface area contributed by atoms with Crippen LogP contribution in [-0.4, -0.2) is 16.5 Å². The molecule has 5 heteroatoms. The van der Waals surface area contributed by atoms with E-state index in [1.54, 1.807) is 12.1 Å². The van der Waals surface area contributed by atoms with E-state index in [2.05, 4.69) is 20.9 Å². The predicted octanol–water partition coefficient (Wildman–Crippen LogP) is 2.32. The first kappa shape index (κ1) is 10.5. The molecule has 0 bridgehead atoms. The quantitative estimate of drug-likeness (QED) is 0.819. The summed E-state index contributed by atoms with van der Waals surface area (Å²) in [5.74, 6) is 0. The van der Waals surface area contributed by atoms with Gasteiger partial charge in [-0.05, 0) is 35.0 Å². The minimum absolute atomic E-state index is 0.0446. The van der Waals surface area contributed by atoms with E-state index in [0.717, 1.165) is 6.92 Å². The molecule has 0 radical (unpaired) electrons. The van der Waals surface area contributed by atoms with Gasteiger partial charge in [-0.1, -0.05) is 6.07 Å². The van der Waals surface area contributed by atoms with Crippen molar-refractivity contribution in [3.05, 3.63) is 28.5 Å². The summed E-state index contributed by atoms with van der Waals surface area (Å²) in [6.07, 6.45) is -2.85. The van der Waals surface area contributed by atoms with E-state index in [-0.39, 0.29) is 5.69 Å². The first-order valence-electron chi connectivity index (χ1n) is 3.58. The lowest BCUT2D eigenvalue weighted by Gasteiger charge is -2.21. The lowest BCUT2D eigenvalue weighted by Crippen LogP contribution is -2.31. The number of hydrogen-bond donors (Lipinski definition) is 1. The number of hydrogen-bond acceptors (Lipinski definition) is 2. The lowest BCUT2D eigenvalue weighted by molar-refractivity contribution is -0.0911. The maximum atomic E-state index is 12.3. The molecule has 0 aliphatic carbocycles. The molecule has 72 valence electrons. The molecular weight excluding hydrogens is 244 g/mol. The summed E-state index contributed by atoms with van der Waals surface area (Å²) in [5.41, 5.74) is -2.24. The predicted molar refractivity (Wildman–Crippen MR) is 47.5 cm³/mol. The first-order chi connectivity index (χ1) is 5.94. The number of rotatable bonds is 2. The summed E-state index contributed by atoms with van der Waals surface area (Å²) in [5, 5.41) is 9.35. The van der Waals surface area contributed by atoms with Gasteiger partial charge in [0.25, 0.3) is 6.43 Å². The highest BCUT2D eigenvalue weighted by Gasteiger charge is 2.35. The smallest absolute Gasteiger partial charge is 0.272 e. The molecule has 1 aromatic heterocycles. The molecule has 0 amide bonds. The third-order valence-corrected chi connectivity index (χ3v) is 2.10. The van der Waals surface area contributed by atoms with Crippen LogP contribution in [0.15, 0.2) is 22.8 Å². The van der Waals surface area contributed by atoms with Gasteiger partial charge in [0.15, 0.2) is 5.60 Å². The van der Waals surface area contributed by atoms with Gasteiger partial charge in [0.05, 0.1) is 5.69 Å². The van der Waals surface area contributed by atoms with E-state index in [4.69, 9.17) is 0 Å². The van der Waals surface area contributed by atoms with E-state index < -0.39 is 12.0 Å². The van der Waals surface area contributed by atoms with E-state index in [1.165, 1.54) is 6.07 Å². The molecule has 13 heavy (non-hydrogen) atoms. The molecule has 1 unspecified atom stereocenters. The second-order valence-electron chi connectivity index (χ2n) is 2.79. The van der Waals surface area contributed by atoms with E-state index in [9.17, 15) is 13.9 Å². The van der Waals surface area contributed by atoms with Gasteiger partial charge in [-0.15, -0.1) is 0 Å². The Morgan fingerprint density at radius 2 is 2.15 bits per heavy atom. The monoisotopic (exact) mass is 251 g/mol. The highest BCUT2D eigenvalue weighted by atomic mass is 79.9. The molecule has 1 N–H and O–H groups in total. The Balaban J connectivity index is 3.07. The van der Waals surface area contributed by atoms with Gasteiger partial charge >= 0.3 is 0 Å². The van der Waals surface area contributed by atoms with Crippen LogP contribution >= 0.6 is 15.9 Å². The molecule has 0 spiro atoms. The van der Waals surface area contributed by atoms with Crippen molar-refractivity contribution >= 4 is 15.9 Å². The van der Waals surface area contributed by atoms with Crippen molar-refractivity contribution in [1.29, 1.82) is 0 Å². The Hall–Kier alpha value is -0.550. The number of pyridine rings is 1. The highest BCUT2D eigenvalue weighted by Crippen LogP contribution is 2.26. The van der Waals surface area contributed by atoms with Crippen LogP contribution in [0.2, 0.25) is 0 Å². The van der Waals surface area contributed by atoms with Crippen molar-refractivity contribution in [3.8, 4) is 0 Å². The molecule has 1 aromatic rings. The summed E-state index contributed by atoms with van der Waals surface area (Å²) in [7, 11) is 0. The Labute approximate surface area is 82.7 Å². The molecular formula is C8H8BrF2NO. The average Bonchev–Trinajstić information content (AvgIpc) is 2.04. The van der Waals surface area contributed by atoms with Crippen molar-refractivity contribution in [3.63, 3.8) is 0 Å². The number of alkyl halides is 2. The summed E-state index contributed by atoms with van der Waals surface area (Å²) in [4.78, 5) is 3.75. The van der Waals surface area contributed by atoms with Crippen LogP contribution in [0, 0.1) is 0 Å². The maximum absolute atomic E-state index is 12.3. The van der Waals surface area contributed by atoms with Crippen LogP contribution in [0.25, 0.3) is 0 Å². The number of aromatic nitrogens is 1. The fraction of sp³-hybridized carbons (Fsp3) is 0.375. The SMILES string of the molecule is CC(O)(c1cccc(Br)n1)C(F)F. The fourth-order valence-corrected chi connectivity index (χ4v) is 1.15. The van der Waals surface area contributed by atoms with Gasteiger partial charge in [-0.3, -0.25) is 0 Å². The minimum atomic E-state index is -2.85. The fourth-order valence-electron chi connectivity index (χ4n) is 0.802. The first-order valence-corrected chi connectivity index (χ1v) is 4.37. The van der Waals surface area contributed by atoms with Gasteiger partial charge in [-0.2, -0.15) is 0 Å². The van der Waals surface area contributed by atoms with E-state index in [0.29, 0.717) is 4.60 Å². The van der Waals surface area contributed by atoms with E-state index >= 15 is 0 Å². The Morgan fingerprint density at radius 1 is 1.54 bits per heavy atom. The Bertz CT molecular complexity index is 304. The minimum Gasteiger partial charge on any atom is -0.378 e. The van der Waals surface area contributed by atoms with Crippen molar-refractivity contribution in [2.45, 2.75) is 19.0 Å². The summed E-state index contributed by atoms with van der Waals surface area (Å²) in [6, 6.07) is 4.51. The van der Waals surface area contributed by atoms with Gasteiger partial charge in [0, 0.05) is 0 Å². The lowest BCUT2D eigenvalue weighted by atomic mass is 10.0. The van der Waals surface area contributed by atoms with Crippen LogP contribution in [0.3, 0.4) is 0 Å². The Morgan fingerprint density at radius 3 is 2.62 bits per heavy atom. The molecule has 0 saturated heterocycles. The third kappa shape index (κ3) is 2.22. The van der Waals surface area contributed by atoms with Crippen LogP contribution in [0.5, 0.6) is 0 Å². The van der Waals surface area contributed by atoms with Gasteiger partial charge in [0.1, 0.15) is 4.60 Å². The largest absolute Gasteiger partial charge is 0.378 e. The molecule has 1 atom stereocenters. The zero-order chi connectivity index (χ0) is 10.1. The van der Waals surface area contributed by atoms with Crippen molar-refractivity contribution in [1.82, 2.24) is 4.98 Å². The van der Waals surface area contributed by atoms with Crippen LogP contribution in [-0.2, 0) is 5.60 Å². The maximum Gasteiger partial charge on any atom is 0.272 e. The Kier molecular flexibility index (Phi) is 2.98.